The third-order valence-corrected chi connectivity index (χ3v) is 3.66. The largest absolute Gasteiger partial charge is 0.469 e. The van der Waals surface area contributed by atoms with Gasteiger partial charge in [0, 0.05) is 5.39 Å². The molecule has 124 valence electrons. The van der Waals surface area contributed by atoms with E-state index in [1.807, 2.05) is 30.3 Å². The van der Waals surface area contributed by atoms with E-state index in [4.69, 9.17) is 13.6 Å². The molecule has 6 heteroatoms. The second kappa shape index (κ2) is 6.62. The van der Waals surface area contributed by atoms with Crippen LogP contribution in [0.1, 0.15) is 34.8 Å². The molecule has 2 aromatic heterocycles. The molecule has 0 aliphatic heterocycles. The van der Waals surface area contributed by atoms with Crippen molar-refractivity contribution in [2.75, 3.05) is 6.61 Å². The Bertz CT molecular complexity index is 843. The van der Waals surface area contributed by atoms with Crippen LogP contribution in [0.25, 0.3) is 11.0 Å². The van der Waals surface area contributed by atoms with E-state index in [2.05, 4.69) is 5.32 Å². The molecule has 2 heterocycles. The summed E-state index contributed by atoms with van der Waals surface area (Å²) in [6, 6.07) is 10.7. The van der Waals surface area contributed by atoms with Crippen LogP contribution >= 0.6 is 0 Å². The van der Waals surface area contributed by atoms with Gasteiger partial charge in [-0.25, -0.2) is 4.79 Å². The van der Waals surface area contributed by atoms with Crippen molar-refractivity contribution in [1.82, 2.24) is 5.32 Å². The lowest BCUT2D eigenvalue weighted by Crippen LogP contribution is -2.31. The molecule has 0 radical (unpaired) electrons. The summed E-state index contributed by atoms with van der Waals surface area (Å²) in [5, 5.41) is 3.71. The maximum Gasteiger partial charge on any atom is 0.342 e. The molecule has 3 rings (SSSR count). The number of aryl methyl sites for hydroxylation is 1. The molecule has 24 heavy (non-hydrogen) atoms. The van der Waals surface area contributed by atoms with Gasteiger partial charge in [-0.15, -0.1) is 0 Å². The maximum atomic E-state index is 11.9. The van der Waals surface area contributed by atoms with Gasteiger partial charge in [0.15, 0.2) is 6.61 Å². The number of hydrogen-bond acceptors (Lipinski definition) is 5. The lowest BCUT2D eigenvalue weighted by atomic mass is 10.2. The monoisotopic (exact) mass is 327 g/mol. The maximum absolute atomic E-state index is 11.9. The second-order valence-corrected chi connectivity index (χ2v) is 5.44. The normalized spacial score (nSPS) is 12.1. The number of benzene rings is 1. The fourth-order valence-corrected chi connectivity index (χ4v) is 2.38. The molecule has 3 aromatic rings. The van der Waals surface area contributed by atoms with Gasteiger partial charge in [0.25, 0.3) is 5.91 Å². The van der Waals surface area contributed by atoms with E-state index in [0.29, 0.717) is 17.1 Å². The number of furan rings is 2. The van der Waals surface area contributed by atoms with Gasteiger partial charge in [0.2, 0.25) is 0 Å². The molecule has 0 fully saturated rings. The van der Waals surface area contributed by atoms with Crippen molar-refractivity contribution in [3.8, 4) is 0 Å². The van der Waals surface area contributed by atoms with Crippen LogP contribution in [0.3, 0.4) is 0 Å². The van der Waals surface area contributed by atoms with Crippen molar-refractivity contribution in [3.63, 3.8) is 0 Å². The van der Waals surface area contributed by atoms with E-state index in [-0.39, 0.29) is 12.6 Å². The Labute approximate surface area is 138 Å². The number of carbonyl (C=O) groups excluding carboxylic acids is 2. The molecule has 0 aliphatic rings. The van der Waals surface area contributed by atoms with Crippen LogP contribution in [0.15, 0.2) is 51.5 Å². The van der Waals surface area contributed by atoms with Crippen LogP contribution in [0.2, 0.25) is 0 Å². The summed E-state index contributed by atoms with van der Waals surface area (Å²) in [6.07, 6.45) is 1.40. The van der Waals surface area contributed by atoms with Crippen LogP contribution in [0.5, 0.6) is 0 Å². The summed E-state index contributed by atoms with van der Waals surface area (Å²) >= 11 is 0. The molecular formula is C18H17NO5. The molecule has 0 unspecified atom stereocenters. The molecule has 0 saturated carbocycles. The highest BCUT2D eigenvalue weighted by atomic mass is 16.5. The summed E-state index contributed by atoms with van der Waals surface area (Å²) in [4.78, 5) is 23.8. The van der Waals surface area contributed by atoms with E-state index < -0.39 is 11.9 Å². The first-order valence-corrected chi connectivity index (χ1v) is 7.53. The van der Waals surface area contributed by atoms with Crippen molar-refractivity contribution < 1.29 is 23.2 Å². The summed E-state index contributed by atoms with van der Waals surface area (Å²) in [5.74, 6) is 0.0999. The van der Waals surface area contributed by atoms with Gasteiger partial charge >= 0.3 is 5.97 Å². The van der Waals surface area contributed by atoms with E-state index in [1.54, 1.807) is 13.8 Å². The van der Waals surface area contributed by atoms with Gasteiger partial charge in [0.1, 0.15) is 22.7 Å². The number of amides is 1. The Hall–Kier alpha value is -3.02. The van der Waals surface area contributed by atoms with Crippen molar-refractivity contribution in [2.45, 2.75) is 19.9 Å². The molecular weight excluding hydrogens is 310 g/mol. The molecule has 1 N–H and O–H groups in total. The van der Waals surface area contributed by atoms with E-state index in [0.717, 1.165) is 11.0 Å². The molecule has 0 bridgehead atoms. The predicted octanol–water partition coefficient (Wildman–Crippen LogP) is 3.37. The Morgan fingerprint density at radius 3 is 2.75 bits per heavy atom. The number of esters is 1. The zero-order valence-corrected chi connectivity index (χ0v) is 13.4. The van der Waals surface area contributed by atoms with Crippen LogP contribution in [-0.2, 0) is 9.53 Å². The quantitative estimate of drug-likeness (QED) is 0.727. The molecule has 1 amide bonds. The fraction of sp³-hybridized carbons (Fsp3) is 0.222. The number of carbonyl (C=O) groups is 2. The third kappa shape index (κ3) is 3.32. The average molecular weight is 327 g/mol. The summed E-state index contributed by atoms with van der Waals surface area (Å²) in [6.45, 7) is 3.09. The van der Waals surface area contributed by atoms with Gasteiger partial charge in [0.05, 0.1) is 12.3 Å². The smallest absolute Gasteiger partial charge is 0.342 e. The summed E-state index contributed by atoms with van der Waals surface area (Å²) in [7, 11) is 0. The van der Waals surface area contributed by atoms with Gasteiger partial charge in [-0.2, -0.15) is 0 Å². The highest BCUT2D eigenvalue weighted by Crippen LogP contribution is 2.23. The van der Waals surface area contributed by atoms with Crippen molar-refractivity contribution in [1.29, 1.82) is 0 Å². The number of nitrogens with one attached hydrogen (secondary N) is 1. The SMILES string of the molecule is Cc1occc1C(=O)OCC(=O)N[C@@H](C)c1cc2ccccc2o1. The summed E-state index contributed by atoms with van der Waals surface area (Å²) < 4.78 is 15.7. The van der Waals surface area contributed by atoms with E-state index in [1.165, 1.54) is 12.3 Å². The molecule has 1 aromatic carbocycles. The minimum Gasteiger partial charge on any atom is -0.469 e. The predicted molar refractivity (Wildman–Crippen MR) is 86.5 cm³/mol. The average Bonchev–Trinajstić information content (AvgIpc) is 3.18. The van der Waals surface area contributed by atoms with Crippen LogP contribution in [0, 0.1) is 6.92 Å². The van der Waals surface area contributed by atoms with Gasteiger partial charge in [-0.1, -0.05) is 18.2 Å². The highest BCUT2D eigenvalue weighted by molar-refractivity contribution is 5.92. The summed E-state index contributed by atoms with van der Waals surface area (Å²) in [5.41, 5.74) is 1.07. The first-order chi connectivity index (χ1) is 11.5. The second-order valence-electron chi connectivity index (χ2n) is 5.44. The topological polar surface area (TPSA) is 81.7 Å². The molecule has 0 aliphatic carbocycles. The van der Waals surface area contributed by atoms with Gasteiger partial charge in [-0.3, -0.25) is 4.79 Å². The first-order valence-electron chi connectivity index (χ1n) is 7.53. The minimum absolute atomic E-state index is 0.313. The number of fused-ring (bicyclic) bond motifs is 1. The Balaban J connectivity index is 1.56. The zero-order valence-electron chi connectivity index (χ0n) is 13.4. The van der Waals surface area contributed by atoms with E-state index in [9.17, 15) is 9.59 Å². The molecule has 1 atom stereocenters. The van der Waals surface area contributed by atoms with Gasteiger partial charge < -0.3 is 18.9 Å². The van der Waals surface area contributed by atoms with Crippen molar-refractivity contribution >= 4 is 22.8 Å². The number of rotatable bonds is 5. The lowest BCUT2D eigenvalue weighted by Gasteiger charge is -2.11. The minimum atomic E-state index is -0.590. The van der Waals surface area contributed by atoms with Crippen LogP contribution in [0.4, 0.5) is 0 Å². The Kier molecular flexibility index (Phi) is 4.37. The van der Waals surface area contributed by atoms with E-state index >= 15 is 0 Å². The third-order valence-electron chi connectivity index (χ3n) is 3.66. The molecule has 0 saturated heterocycles. The fourth-order valence-electron chi connectivity index (χ4n) is 2.38. The van der Waals surface area contributed by atoms with Gasteiger partial charge in [-0.05, 0) is 32.0 Å². The Morgan fingerprint density at radius 2 is 2.04 bits per heavy atom. The molecule has 6 nitrogen and oxygen atoms in total. The van der Waals surface area contributed by atoms with Crippen LogP contribution in [-0.4, -0.2) is 18.5 Å². The number of ether oxygens (including phenoxy) is 1. The lowest BCUT2D eigenvalue weighted by molar-refractivity contribution is -0.125. The molecule has 0 spiro atoms. The Morgan fingerprint density at radius 1 is 1.25 bits per heavy atom. The highest BCUT2D eigenvalue weighted by Gasteiger charge is 2.17. The standard InChI is InChI=1S/C18H17NO5/c1-11(16-9-13-5-3-4-6-15(13)24-16)19-17(20)10-23-18(21)14-7-8-22-12(14)2/h3-9,11H,10H2,1-2H3,(H,19,20)/t11-/m0/s1. The van der Waals surface area contributed by atoms with Crippen molar-refractivity contribution in [2.24, 2.45) is 0 Å². The van der Waals surface area contributed by atoms with Crippen molar-refractivity contribution in [3.05, 3.63) is 59.7 Å². The first kappa shape index (κ1) is 15.9. The number of hydrogen-bond donors (Lipinski definition) is 1. The number of para-hydroxylation sites is 1. The van der Waals surface area contributed by atoms with Crippen LogP contribution < -0.4 is 5.32 Å². The zero-order chi connectivity index (χ0) is 17.1.